The maximum absolute atomic E-state index is 12.9. The van der Waals surface area contributed by atoms with Crippen LogP contribution in [0.15, 0.2) is 23.4 Å². The number of nitrogens with zero attached hydrogens (tertiary/aromatic N) is 3. The van der Waals surface area contributed by atoms with Crippen molar-refractivity contribution in [2.45, 2.75) is 51.3 Å². The Balaban J connectivity index is 1.42. The average molecular weight is 584 g/mol. The largest absolute Gasteiger partial charge is 0.481 e. The first-order valence-corrected chi connectivity index (χ1v) is 14.5. The van der Waals surface area contributed by atoms with Gasteiger partial charge in [-0.15, -0.1) is 21.5 Å². The first kappa shape index (κ1) is 27.8. The first-order chi connectivity index (χ1) is 17.7. The fraction of sp³-hybridized carbons (Fsp3) is 0.440. The van der Waals surface area contributed by atoms with Gasteiger partial charge in [0.25, 0.3) is 0 Å². The zero-order valence-corrected chi connectivity index (χ0v) is 24.1. The molecule has 0 bridgehead atoms. The third-order valence-corrected chi connectivity index (χ3v) is 8.74. The molecule has 12 heteroatoms. The van der Waals surface area contributed by atoms with Crippen LogP contribution >= 0.6 is 46.3 Å². The van der Waals surface area contributed by atoms with Crippen molar-refractivity contribution < 1.29 is 19.1 Å². The number of thioether (sulfide) groups is 1. The first-order valence-electron chi connectivity index (χ1n) is 11.9. The number of hydrogen-bond acceptors (Lipinski definition) is 8. The van der Waals surface area contributed by atoms with E-state index in [2.05, 4.69) is 22.4 Å². The highest BCUT2D eigenvalue weighted by Crippen LogP contribution is 2.40. The predicted octanol–water partition coefficient (Wildman–Crippen LogP) is 6.36. The Morgan fingerprint density at radius 1 is 1.32 bits per heavy atom. The minimum absolute atomic E-state index is 0.0998. The van der Waals surface area contributed by atoms with Crippen LogP contribution < -0.4 is 10.1 Å². The summed E-state index contributed by atoms with van der Waals surface area (Å²) in [6.45, 7) is 6.09. The molecule has 0 aliphatic heterocycles. The second-order valence-corrected chi connectivity index (χ2v) is 11.7. The lowest BCUT2D eigenvalue weighted by molar-refractivity contribution is -0.113. The van der Waals surface area contributed by atoms with Gasteiger partial charge in [0.05, 0.1) is 22.9 Å². The van der Waals surface area contributed by atoms with Gasteiger partial charge in [-0.2, -0.15) is 0 Å². The average Bonchev–Trinajstić information content (AvgIpc) is 3.39. The summed E-state index contributed by atoms with van der Waals surface area (Å²) >= 11 is 15.0. The lowest BCUT2D eigenvalue weighted by Gasteiger charge is -2.18. The number of fused-ring (bicyclic) bond motifs is 1. The third-order valence-electron chi connectivity index (χ3n) is 6.01. The molecule has 2 aromatic heterocycles. The number of esters is 1. The second-order valence-electron chi connectivity index (χ2n) is 8.85. The summed E-state index contributed by atoms with van der Waals surface area (Å²) < 4.78 is 13.0. The molecule has 0 radical (unpaired) electrons. The van der Waals surface area contributed by atoms with Crippen molar-refractivity contribution in [2.24, 2.45) is 13.0 Å². The molecule has 1 aliphatic rings. The number of rotatable bonds is 9. The summed E-state index contributed by atoms with van der Waals surface area (Å²) in [6, 6.07) is 5.00. The maximum atomic E-state index is 12.9. The van der Waals surface area contributed by atoms with Crippen molar-refractivity contribution in [3.8, 4) is 5.75 Å². The van der Waals surface area contributed by atoms with Crippen LogP contribution in [0, 0.1) is 5.92 Å². The topological polar surface area (TPSA) is 95.3 Å². The summed E-state index contributed by atoms with van der Waals surface area (Å²) in [6.07, 6.45) is 2.27. The lowest BCUT2D eigenvalue weighted by atomic mass is 9.88. The molecule has 0 saturated carbocycles. The van der Waals surface area contributed by atoms with Gasteiger partial charge in [0, 0.05) is 23.0 Å². The molecule has 2 heterocycles. The van der Waals surface area contributed by atoms with Gasteiger partial charge in [-0.3, -0.25) is 4.79 Å². The van der Waals surface area contributed by atoms with Gasteiger partial charge in [-0.05, 0) is 56.7 Å². The molecule has 0 spiro atoms. The minimum atomic E-state index is -0.455. The highest BCUT2D eigenvalue weighted by atomic mass is 35.5. The number of halogens is 2. The number of ether oxygens (including phenoxy) is 2. The monoisotopic (exact) mass is 582 g/mol. The quantitative estimate of drug-likeness (QED) is 0.232. The Bertz CT molecular complexity index is 1310. The Labute approximate surface area is 234 Å². The van der Waals surface area contributed by atoms with E-state index in [1.165, 1.54) is 23.1 Å². The van der Waals surface area contributed by atoms with Crippen molar-refractivity contribution in [3.63, 3.8) is 0 Å². The molecule has 37 heavy (non-hydrogen) atoms. The summed E-state index contributed by atoms with van der Waals surface area (Å²) in [5, 5.41) is 13.5. The minimum Gasteiger partial charge on any atom is -0.481 e. The van der Waals surface area contributed by atoms with E-state index in [4.69, 9.17) is 32.7 Å². The van der Waals surface area contributed by atoms with Gasteiger partial charge < -0.3 is 19.4 Å². The predicted molar refractivity (Wildman–Crippen MR) is 147 cm³/mol. The Morgan fingerprint density at radius 2 is 2.11 bits per heavy atom. The van der Waals surface area contributed by atoms with E-state index in [9.17, 15) is 9.59 Å². The fourth-order valence-corrected chi connectivity index (χ4v) is 6.62. The number of carbonyl (C=O) groups is 2. The van der Waals surface area contributed by atoms with E-state index < -0.39 is 6.10 Å². The van der Waals surface area contributed by atoms with Crippen molar-refractivity contribution in [1.82, 2.24) is 14.8 Å². The summed E-state index contributed by atoms with van der Waals surface area (Å²) in [5.74, 6) is 1.05. The molecule has 0 fully saturated rings. The molecule has 2 unspecified atom stereocenters. The van der Waals surface area contributed by atoms with Gasteiger partial charge in [-0.1, -0.05) is 41.9 Å². The van der Waals surface area contributed by atoms with Gasteiger partial charge in [0.1, 0.15) is 10.8 Å². The number of aromatic nitrogens is 3. The van der Waals surface area contributed by atoms with Crippen LogP contribution in [0.3, 0.4) is 0 Å². The van der Waals surface area contributed by atoms with Gasteiger partial charge in [0.2, 0.25) is 5.91 Å². The third kappa shape index (κ3) is 6.42. The number of hydrogen-bond donors (Lipinski definition) is 1. The molecule has 1 aromatic carbocycles. The number of thiophene rings is 1. The van der Waals surface area contributed by atoms with Crippen LogP contribution in [0.2, 0.25) is 10.0 Å². The van der Waals surface area contributed by atoms with E-state index >= 15 is 0 Å². The Kier molecular flexibility index (Phi) is 9.05. The fourth-order valence-electron chi connectivity index (χ4n) is 4.17. The van der Waals surface area contributed by atoms with Crippen LogP contribution in [0.5, 0.6) is 5.75 Å². The highest BCUT2D eigenvalue weighted by molar-refractivity contribution is 7.99. The maximum Gasteiger partial charge on any atom is 0.341 e. The van der Waals surface area contributed by atoms with E-state index in [0.29, 0.717) is 43.3 Å². The van der Waals surface area contributed by atoms with Gasteiger partial charge in [-0.25, -0.2) is 4.79 Å². The normalized spacial score (nSPS) is 15.7. The molecule has 1 N–H and O–H groups in total. The molecular weight excluding hydrogens is 555 g/mol. The Morgan fingerprint density at radius 3 is 2.86 bits per heavy atom. The number of anilines is 1. The summed E-state index contributed by atoms with van der Waals surface area (Å²) in [7, 11) is 1.81. The van der Waals surface area contributed by atoms with Crippen LogP contribution in [-0.2, 0) is 29.4 Å². The number of carbonyl (C=O) groups excluding carboxylic acids is 2. The molecule has 0 saturated heterocycles. The summed E-state index contributed by atoms with van der Waals surface area (Å²) in [5.41, 5.74) is 1.51. The second kappa shape index (κ2) is 12.1. The standard InChI is InChI=1S/C25H28Cl2N4O4S2/c1-5-34-24(33)21-16-8-6-13(2)10-19(16)37-23(21)28-20(32)12-36-25-30-29-22(31(25)4)14(3)35-18-11-15(26)7-9-17(18)27/h7,9,11,13-14H,5-6,8,10,12H2,1-4H3,(H,28,32). The number of nitrogens with one attached hydrogen (secondary N) is 1. The smallest absolute Gasteiger partial charge is 0.341 e. The van der Waals surface area contributed by atoms with Crippen molar-refractivity contribution in [1.29, 1.82) is 0 Å². The van der Waals surface area contributed by atoms with E-state index in [1.54, 1.807) is 29.7 Å². The van der Waals surface area contributed by atoms with Crippen molar-refractivity contribution >= 4 is 63.2 Å². The van der Waals surface area contributed by atoms with Crippen LogP contribution in [-0.4, -0.2) is 39.0 Å². The SMILES string of the molecule is CCOC(=O)c1c(NC(=O)CSc2nnc(C(C)Oc3cc(Cl)ccc3Cl)n2C)sc2c1CCC(C)C2. The lowest BCUT2D eigenvalue weighted by Crippen LogP contribution is -2.18. The van der Waals surface area contributed by atoms with Crippen LogP contribution in [0.4, 0.5) is 5.00 Å². The molecule has 3 aromatic rings. The van der Waals surface area contributed by atoms with E-state index in [-0.39, 0.29) is 24.2 Å². The molecule has 198 valence electrons. The van der Waals surface area contributed by atoms with Gasteiger partial charge >= 0.3 is 5.97 Å². The number of amides is 1. The van der Waals surface area contributed by atoms with E-state index in [0.717, 1.165) is 29.7 Å². The zero-order valence-electron chi connectivity index (χ0n) is 21.0. The van der Waals surface area contributed by atoms with E-state index in [1.807, 2.05) is 14.0 Å². The molecule has 2 atom stereocenters. The van der Waals surface area contributed by atoms with Crippen molar-refractivity contribution in [3.05, 3.63) is 50.1 Å². The highest BCUT2D eigenvalue weighted by Gasteiger charge is 2.29. The van der Waals surface area contributed by atoms with Crippen molar-refractivity contribution in [2.75, 3.05) is 17.7 Å². The van der Waals surface area contributed by atoms with Crippen LogP contribution in [0.25, 0.3) is 0 Å². The molecule has 4 rings (SSSR count). The zero-order chi connectivity index (χ0) is 26.7. The van der Waals surface area contributed by atoms with Gasteiger partial charge in [0.15, 0.2) is 17.1 Å². The molecule has 1 amide bonds. The Hall–Kier alpha value is -2.27. The van der Waals surface area contributed by atoms with Crippen LogP contribution in [0.1, 0.15) is 59.9 Å². The summed E-state index contributed by atoms with van der Waals surface area (Å²) in [4.78, 5) is 26.7. The molecule has 1 aliphatic carbocycles. The number of benzene rings is 1. The molecular formula is C25H28Cl2N4O4S2. The molecule has 8 nitrogen and oxygen atoms in total.